The summed E-state index contributed by atoms with van der Waals surface area (Å²) < 4.78 is 5.06. The van der Waals surface area contributed by atoms with Gasteiger partial charge in [-0.25, -0.2) is 4.99 Å². The average molecular weight is 524 g/mol. The molecule has 164 valence electrons. The highest BCUT2D eigenvalue weighted by atomic mass is 127. The van der Waals surface area contributed by atoms with Crippen molar-refractivity contribution in [3.05, 3.63) is 47.6 Å². The topological polar surface area (TPSA) is 69.8 Å². The number of aryl methyl sites for hydroxylation is 1. The summed E-state index contributed by atoms with van der Waals surface area (Å²) in [5.41, 5.74) is 1.42. The highest BCUT2D eigenvalue weighted by Crippen LogP contribution is 2.31. The number of aromatic nitrogens is 2. The maximum absolute atomic E-state index is 5.06. The first kappa shape index (κ1) is 23.0. The van der Waals surface area contributed by atoms with Crippen LogP contribution in [0.5, 0.6) is 0 Å². The van der Waals surface area contributed by atoms with E-state index in [1.54, 1.807) is 6.92 Å². The summed E-state index contributed by atoms with van der Waals surface area (Å²) in [4.78, 5) is 14.2. The van der Waals surface area contributed by atoms with Gasteiger partial charge >= 0.3 is 0 Å². The Bertz CT molecular complexity index is 811. The van der Waals surface area contributed by atoms with Crippen molar-refractivity contribution >= 4 is 29.9 Å². The van der Waals surface area contributed by atoms with E-state index in [4.69, 9.17) is 9.52 Å². The fraction of sp³-hybridized carbons (Fsp3) is 0.591. The minimum absolute atomic E-state index is 0. The maximum atomic E-state index is 5.06. The molecule has 3 heterocycles. The minimum atomic E-state index is 0. The summed E-state index contributed by atoms with van der Waals surface area (Å²) in [7, 11) is 0. The lowest BCUT2D eigenvalue weighted by Gasteiger charge is -2.48. The Morgan fingerprint density at radius 3 is 2.80 bits per heavy atom. The van der Waals surface area contributed by atoms with Crippen molar-refractivity contribution in [2.75, 3.05) is 26.2 Å². The highest BCUT2D eigenvalue weighted by Gasteiger charge is 2.36. The Morgan fingerprint density at radius 1 is 1.23 bits per heavy atom. The van der Waals surface area contributed by atoms with Gasteiger partial charge in [-0.1, -0.05) is 35.5 Å². The number of halogens is 1. The summed E-state index contributed by atoms with van der Waals surface area (Å²) in [5, 5.41) is 7.41. The molecule has 0 aliphatic carbocycles. The third-order valence-electron chi connectivity index (χ3n) is 5.99. The van der Waals surface area contributed by atoms with Gasteiger partial charge in [0, 0.05) is 39.1 Å². The number of hydrogen-bond donors (Lipinski definition) is 1. The summed E-state index contributed by atoms with van der Waals surface area (Å²) in [6.45, 7) is 9.59. The van der Waals surface area contributed by atoms with Crippen molar-refractivity contribution in [2.24, 2.45) is 10.9 Å². The molecule has 30 heavy (non-hydrogen) atoms. The molecule has 0 amide bonds. The highest BCUT2D eigenvalue weighted by molar-refractivity contribution is 14.0. The van der Waals surface area contributed by atoms with Gasteiger partial charge in [0.15, 0.2) is 11.8 Å². The van der Waals surface area contributed by atoms with Crippen LogP contribution in [0.1, 0.15) is 43.5 Å². The predicted octanol–water partition coefficient (Wildman–Crippen LogP) is 3.45. The molecule has 4 rings (SSSR count). The van der Waals surface area contributed by atoms with Crippen molar-refractivity contribution < 1.29 is 4.52 Å². The molecule has 2 unspecified atom stereocenters. The zero-order valence-corrected chi connectivity index (χ0v) is 20.3. The fourth-order valence-electron chi connectivity index (χ4n) is 4.69. The molecular formula is C22H33IN6O. The number of rotatable bonds is 5. The van der Waals surface area contributed by atoms with E-state index in [1.807, 2.05) is 0 Å². The Labute approximate surface area is 196 Å². The number of piperidine rings is 2. The monoisotopic (exact) mass is 524 g/mol. The summed E-state index contributed by atoms with van der Waals surface area (Å²) >= 11 is 0. The molecule has 8 heteroatoms. The van der Waals surface area contributed by atoms with Crippen molar-refractivity contribution in [3.63, 3.8) is 0 Å². The van der Waals surface area contributed by atoms with Gasteiger partial charge in [0.1, 0.15) is 6.54 Å². The van der Waals surface area contributed by atoms with Crippen molar-refractivity contribution in [2.45, 2.75) is 52.2 Å². The second kappa shape index (κ2) is 11.1. The molecule has 2 atom stereocenters. The van der Waals surface area contributed by atoms with Crippen molar-refractivity contribution in [3.8, 4) is 0 Å². The van der Waals surface area contributed by atoms with Crippen LogP contribution >= 0.6 is 24.0 Å². The first-order valence-corrected chi connectivity index (χ1v) is 10.8. The van der Waals surface area contributed by atoms with E-state index in [0.717, 1.165) is 32.1 Å². The Hall–Kier alpha value is -1.68. The molecule has 0 saturated carbocycles. The molecule has 2 fully saturated rings. The van der Waals surface area contributed by atoms with Crippen LogP contribution in [-0.4, -0.2) is 58.1 Å². The molecule has 2 aromatic rings. The standard InChI is InChI=1S/C22H32N6O.HI/c1-3-23-22(24-14-21-25-17(2)29-26-21)28-13-11-20-19(16-28)10-7-12-27(20)15-18-8-5-4-6-9-18;/h4-6,8-9,19-20H,3,7,10-16H2,1-2H3,(H,23,24);1H. The summed E-state index contributed by atoms with van der Waals surface area (Å²) in [6, 6.07) is 11.5. The van der Waals surface area contributed by atoms with Gasteiger partial charge in [-0.2, -0.15) is 4.98 Å². The van der Waals surface area contributed by atoms with E-state index in [2.05, 4.69) is 62.5 Å². The van der Waals surface area contributed by atoms with Gasteiger partial charge in [-0.15, -0.1) is 24.0 Å². The van der Waals surface area contributed by atoms with Gasteiger partial charge in [0.05, 0.1) is 0 Å². The second-order valence-corrected chi connectivity index (χ2v) is 8.06. The minimum Gasteiger partial charge on any atom is -0.357 e. The SMILES string of the molecule is CCNC(=NCc1noc(C)n1)N1CCC2C(CCCN2Cc2ccccc2)C1.I. The third-order valence-corrected chi connectivity index (χ3v) is 5.99. The molecule has 0 spiro atoms. The normalized spacial score (nSPS) is 22.3. The molecule has 7 nitrogen and oxygen atoms in total. The number of likely N-dealkylation sites (tertiary alicyclic amines) is 2. The number of fused-ring (bicyclic) bond motifs is 1. The van der Waals surface area contributed by atoms with E-state index < -0.39 is 0 Å². The summed E-state index contributed by atoms with van der Waals surface area (Å²) in [5.74, 6) is 2.88. The van der Waals surface area contributed by atoms with E-state index >= 15 is 0 Å². The van der Waals surface area contributed by atoms with E-state index in [1.165, 1.54) is 31.4 Å². The number of nitrogens with zero attached hydrogens (tertiary/aromatic N) is 5. The number of hydrogen-bond acceptors (Lipinski definition) is 5. The van der Waals surface area contributed by atoms with Gasteiger partial charge in [-0.3, -0.25) is 4.90 Å². The van der Waals surface area contributed by atoms with Crippen LogP contribution in [0.3, 0.4) is 0 Å². The molecule has 1 aromatic heterocycles. The number of benzene rings is 1. The van der Waals surface area contributed by atoms with Gasteiger partial charge in [-0.05, 0) is 44.2 Å². The number of guanidine groups is 1. The van der Waals surface area contributed by atoms with Gasteiger partial charge in [0.2, 0.25) is 5.89 Å². The number of nitrogens with one attached hydrogen (secondary N) is 1. The first-order chi connectivity index (χ1) is 14.2. The first-order valence-electron chi connectivity index (χ1n) is 10.8. The van der Waals surface area contributed by atoms with Gasteiger partial charge < -0.3 is 14.7 Å². The molecule has 2 saturated heterocycles. The van der Waals surface area contributed by atoms with E-state index in [9.17, 15) is 0 Å². The summed E-state index contributed by atoms with van der Waals surface area (Å²) in [6.07, 6.45) is 3.76. The second-order valence-electron chi connectivity index (χ2n) is 8.06. The van der Waals surface area contributed by atoms with E-state index in [-0.39, 0.29) is 24.0 Å². The average Bonchev–Trinajstić information content (AvgIpc) is 3.17. The molecule has 0 bridgehead atoms. The molecule has 2 aliphatic rings. The van der Waals surface area contributed by atoms with Crippen molar-refractivity contribution in [1.82, 2.24) is 25.3 Å². The van der Waals surface area contributed by atoms with Crippen LogP contribution in [0.15, 0.2) is 39.8 Å². The molecule has 1 N–H and O–H groups in total. The predicted molar refractivity (Wildman–Crippen MR) is 129 cm³/mol. The lowest BCUT2D eigenvalue weighted by Crippen LogP contribution is -2.56. The molecular weight excluding hydrogens is 491 g/mol. The molecule has 1 aromatic carbocycles. The van der Waals surface area contributed by atoms with Crippen LogP contribution in [-0.2, 0) is 13.1 Å². The maximum Gasteiger partial charge on any atom is 0.223 e. The van der Waals surface area contributed by atoms with E-state index in [0.29, 0.717) is 30.2 Å². The Balaban J connectivity index is 0.00000256. The molecule has 0 radical (unpaired) electrons. The fourth-order valence-corrected chi connectivity index (χ4v) is 4.69. The lowest BCUT2D eigenvalue weighted by atomic mass is 9.83. The van der Waals surface area contributed by atoms with Crippen LogP contribution in [0.4, 0.5) is 0 Å². The van der Waals surface area contributed by atoms with Crippen LogP contribution < -0.4 is 5.32 Å². The van der Waals surface area contributed by atoms with Gasteiger partial charge in [0.25, 0.3) is 0 Å². The smallest absolute Gasteiger partial charge is 0.223 e. The zero-order chi connectivity index (χ0) is 20.1. The Kier molecular flexibility index (Phi) is 8.50. The van der Waals surface area contributed by atoms with Crippen LogP contribution in [0, 0.1) is 12.8 Å². The van der Waals surface area contributed by atoms with Crippen LogP contribution in [0.2, 0.25) is 0 Å². The zero-order valence-electron chi connectivity index (χ0n) is 18.0. The third kappa shape index (κ3) is 5.72. The van der Waals surface area contributed by atoms with Crippen molar-refractivity contribution in [1.29, 1.82) is 0 Å². The lowest BCUT2D eigenvalue weighted by molar-refractivity contribution is 0.0372. The largest absolute Gasteiger partial charge is 0.357 e. The van der Waals surface area contributed by atoms with Crippen LogP contribution in [0.25, 0.3) is 0 Å². The quantitative estimate of drug-likeness (QED) is 0.367. The molecule has 2 aliphatic heterocycles. The Morgan fingerprint density at radius 2 is 2.07 bits per heavy atom. The number of aliphatic imine (C=N–C) groups is 1.